The zero-order valence-corrected chi connectivity index (χ0v) is 12.3. The summed E-state index contributed by atoms with van der Waals surface area (Å²) in [5.41, 5.74) is 1.86. The summed E-state index contributed by atoms with van der Waals surface area (Å²) in [4.78, 5) is 12.0. The zero-order valence-electron chi connectivity index (χ0n) is 10.7. The predicted octanol–water partition coefficient (Wildman–Crippen LogP) is 4.07. The molecule has 0 saturated heterocycles. The van der Waals surface area contributed by atoms with Crippen molar-refractivity contribution < 1.29 is 4.79 Å². The Morgan fingerprint density at radius 1 is 1.41 bits per heavy atom. The largest absolute Gasteiger partial charge is 0.349 e. The van der Waals surface area contributed by atoms with E-state index in [-0.39, 0.29) is 11.9 Å². The lowest BCUT2D eigenvalue weighted by atomic mass is 10.1. The average Bonchev–Trinajstić information content (AvgIpc) is 2.31. The normalized spacial score (nSPS) is 12.2. The minimum atomic E-state index is 0.0194. The van der Waals surface area contributed by atoms with E-state index >= 15 is 0 Å². The van der Waals surface area contributed by atoms with Gasteiger partial charge in [-0.25, -0.2) is 0 Å². The third kappa shape index (κ3) is 4.15. The summed E-state index contributed by atoms with van der Waals surface area (Å²) in [6.07, 6.45) is 3.11. The number of halogens is 1. The molecule has 0 bridgehead atoms. The van der Waals surface area contributed by atoms with Crippen LogP contribution in [0.1, 0.15) is 49.0 Å². The lowest BCUT2D eigenvalue weighted by molar-refractivity contribution is 0.0933. The SMILES string of the molecule is CCCC(CC)NC(=O)c1ccc(C)c(Br)c1. The van der Waals surface area contributed by atoms with Crippen molar-refractivity contribution in [3.63, 3.8) is 0 Å². The van der Waals surface area contributed by atoms with Crippen LogP contribution < -0.4 is 5.32 Å². The summed E-state index contributed by atoms with van der Waals surface area (Å²) in [5.74, 6) is 0.0194. The Morgan fingerprint density at radius 3 is 2.65 bits per heavy atom. The quantitative estimate of drug-likeness (QED) is 0.872. The number of nitrogens with one attached hydrogen (secondary N) is 1. The van der Waals surface area contributed by atoms with Gasteiger partial charge in [0.15, 0.2) is 0 Å². The molecule has 0 fully saturated rings. The molecule has 2 nitrogen and oxygen atoms in total. The van der Waals surface area contributed by atoms with E-state index in [0.717, 1.165) is 34.9 Å². The van der Waals surface area contributed by atoms with Gasteiger partial charge in [-0.2, -0.15) is 0 Å². The van der Waals surface area contributed by atoms with Crippen molar-refractivity contribution in [1.29, 1.82) is 0 Å². The third-order valence-electron chi connectivity index (χ3n) is 2.90. The molecular formula is C14H20BrNO. The topological polar surface area (TPSA) is 29.1 Å². The molecule has 94 valence electrons. The zero-order chi connectivity index (χ0) is 12.8. The van der Waals surface area contributed by atoms with Gasteiger partial charge in [-0.1, -0.05) is 42.3 Å². The van der Waals surface area contributed by atoms with E-state index in [2.05, 4.69) is 35.1 Å². The van der Waals surface area contributed by atoms with E-state index < -0.39 is 0 Å². The van der Waals surface area contributed by atoms with Crippen LogP contribution in [-0.4, -0.2) is 11.9 Å². The summed E-state index contributed by atoms with van der Waals surface area (Å²) >= 11 is 3.45. The summed E-state index contributed by atoms with van der Waals surface area (Å²) in [6, 6.07) is 5.99. The molecule has 0 aromatic heterocycles. The van der Waals surface area contributed by atoms with Gasteiger partial charge in [0.05, 0.1) is 0 Å². The van der Waals surface area contributed by atoms with Gasteiger partial charge in [0.25, 0.3) is 5.91 Å². The van der Waals surface area contributed by atoms with Gasteiger partial charge in [-0.05, 0) is 37.5 Å². The second-order valence-electron chi connectivity index (χ2n) is 4.33. The molecule has 0 spiro atoms. The number of carbonyl (C=O) groups is 1. The molecule has 1 unspecified atom stereocenters. The number of carbonyl (C=O) groups excluding carboxylic acids is 1. The monoisotopic (exact) mass is 297 g/mol. The van der Waals surface area contributed by atoms with Crippen molar-refractivity contribution in [3.05, 3.63) is 33.8 Å². The van der Waals surface area contributed by atoms with Crippen molar-refractivity contribution in [1.82, 2.24) is 5.32 Å². The Bertz CT molecular complexity index is 390. The van der Waals surface area contributed by atoms with Gasteiger partial charge in [0.1, 0.15) is 0 Å². The second-order valence-corrected chi connectivity index (χ2v) is 5.19. The van der Waals surface area contributed by atoms with E-state index in [1.807, 2.05) is 25.1 Å². The van der Waals surface area contributed by atoms with E-state index in [9.17, 15) is 4.79 Å². The fraction of sp³-hybridized carbons (Fsp3) is 0.500. The second kappa shape index (κ2) is 6.80. The maximum atomic E-state index is 12.0. The average molecular weight is 298 g/mol. The summed E-state index contributed by atoms with van der Waals surface area (Å²) in [5, 5.41) is 3.07. The minimum Gasteiger partial charge on any atom is -0.349 e. The van der Waals surface area contributed by atoms with Crippen LogP contribution in [0, 0.1) is 6.92 Å². The molecular weight excluding hydrogens is 278 g/mol. The molecule has 1 rings (SSSR count). The molecule has 1 atom stereocenters. The van der Waals surface area contributed by atoms with Crippen LogP contribution in [0.5, 0.6) is 0 Å². The molecule has 0 aliphatic carbocycles. The molecule has 0 radical (unpaired) electrons. The smallest absolute Gasteiger partial charge is 0.251 e. The number of hydrogen-bond acceptors (Lipinski definition) is 1. The number of aryl methyl sites for hydroxylation is 1. The van der Waals surface area contributed by atoms with Crippen molar-refractivity contribution in [2.75, 3.05) is 0 Å². The minimum absolute atomic E-state index is 0.0194. The number of benzene rings is 1. The number of rotatable bonds is 5. The van der Waals surface area contributed by atoms with Crippen molar-refractivity contribution >= 4 is 21.8 Å². The maximum Gasteiger partial charge on any atom is 0.251 e. The Hall–Kier alpha value is -0.830. The molecule has 1 N–H and O–H groups in total. The van der Waals surface area contributed by atoms with Crippen LogP contribution in [0.2, 0.25) is 0 Å². The van der Waals surface area contributed by atoms with Gasteiger partial charge >= 0.3 is 0 Å². The van der Waals surface area contributed by atoms with Crippen LogP contribution >= 0.6 is 15.9 Å². The highest BCUT2D eigenvalue weighted by Gasteiger charge is 2.11. The fourth-order valence-electron chi connectivity index (χ4n) is 1.73. The van der Waals surface area contributed by atoms with Gasteiger partial charge < -0.3 is 5.32 Å². The van der Waals surface area contributed by atoms with Crippen molar-refractivity contribution in [2.24, 2.45) is 0 Å². The lowest BCUT2D eigenvalue weighted by Gasteiger charge is -2.16. The number of hydrogen-bond donors (Lipinski definition) is 1. The Morgan fingerprint density at radius 2 is 2.12 bits per heavy atom. The highest BCUT2D eigenvalue weighted by molar-refractivity contribution is 9.10. The molecule has 0 heterocycles. The van der Waals surface area contributed by atoms with Crippen molar-refractivity contribution in [2.45, 2.75) is 46.1 Å². The Kier molecular flexibility index (Phi) is 5.69. The summed E-state index contributed by atoms with van der Waals surface area (Å²) in [7, 11) is 0. The molecule has 0 saturated carbocycles. The van der Waals surface area contributed by atoms with Crippen LogP contribution in [0.4, 0.5) is 0 Å². The lowest BCUT2D eigenvalue weighted by Crippen LogP contribution is -2.34. The number of amides is 1. The van der Waals surface area contributed by atoms with E-state index in [4.69, 9.17) is 0 Å². The van der Waals surface area contributed by atoms with Gasteiger partial charge in [-0.3, -0.25) is 4.79 Å². The first-order valence-electron chi connectivity index (χ1n) is 6.15. The van der Waals surface area contributed by atoms with Crippen molar-refractivity contribution in [3.8, 4) is 0 Å². The van der Waals surface area contributed by atoms with Crippen LogP contribution in [0.25, 0.3) is 0 Å². The fourth-order valence-corrected chi connectivity index (χ4v) is 2.11. The molecule has 3 heteroatoms. The molecule has 1 amide bonds. The summed E-state index contributed by atoms with van der Waals surface area (Å²) in [6.45, 7) is 6.25. The van der Waals surface area contributed by atoms with E-state index in [1.54, 1.807) is 0 Å². The van der Waals surface area contributed by atoms with Gasteiger partial charge in [0, 0.05) is 16.1 Å². The third-order valence-corrected chi connectivity index (χ3v) is 3.75. The van der Waals surface area contributed by atoms with E-state index in [0.29, 0.717) is 0 Å². The first-order chi connectivity index (χ1) is 8.08. The maximum absolute atomic E-state index is 12.0. The van der Waals surface area contributed by atoms with Gasteiger partial charge in [-0.15, -0.1) is 0 Å². The van der Waals surface area contributed by atoms with Crippen LogP contribution in [0.15, 0.2) is 22.7 Å². The first kappa shape index (κ1) is 14.2. The van der Waals surface area contributed by atoms with Crippen LogP contribution in [-0.2, 0) is 0 Å². The van der Waals surface area contributed by atoms with Crippen LogP contribution in [0.3, 0.4) is 0 Å². The predicted molar refractivity (Wildman–Crippen MR) is 75.3 cm³/mol. The molecule has 0 aliphatic rings. The highest BCUT2D eigenvalue weighted by Crippen LogP contribution is 2.17. The molecule has 0 aliphatic heterocycles. The molecule has 17 heavy (non-hydrogen) atoms. The van der Waals surface area contributed by atoms with Gasteiger partial charge in [0.2, 0.25) is 0 Å². The first-order valence-corrected chi connectivity index (χ1v) is 6.94. The Balaban J connectivity index is 2.72. The molecule has 1 aromatic carbocycles. The standard InChI is InChI=1S/C14H20BrNO/c1-4-6-12(5-2)16-14(17)11-8-7-10(3)13(15)9-11/h7-9,12H,4-6H2,1-3H3,(H,16,17). The molecule has 1 aromatic rings. The summed E-state index contributed by atoms with van der Waals surface area (Å²) < 4.78 is 0.980. The highest BCUT2D eigenvalue weighted by atomic mass is 79.9. The Labute approximate surface area is 112 Å². The van der Waals surface area contributed by atoms with E-state index in [1.165, 1.54) is 0 Å².